The number of aliphatic imine (C=N–C) groups is 1. The molecule has 0 aromatic heterocycles. The van der Waals surface area contributed by atoms with Gasteiger partial charge in [0.2, 0.25) is 5.96 Å². The zero-order valence-corrected chi connectivity index (χ0v) is 8.09. The topological polar surface area (TPSA) is 65.7 Å². The van der Waals surface area contributed by atoms with E-state index in [-0.39, 0.29) is 0 Å². The smallest absolute Gasteiger partial charge is 0.205 e. The molecule has 5 heteroatoms. The highest BCUT2D eigenvalue weighted by molar-refractivity contribution is 5.79. The largest absolute Gasteiger partial charge is 0.356 e. The summed E-state index contributed by atoms with van der Waals surface area (Å²) in [5.41, 5.74) is 2.50. The van der Waals surface area contributed by atoms with E-state index >= 15 is 0 Å². The molecule has 12 heavy (non-hydrogen) atoms. The molecule has 0 aliphatic rings. The first-order valence-corrected chi connectivity index (χ1v) is 4.10. The van der Waals surface area contributed by atoms with E-state index in [0.29, 0.717) is 5.96 Å². The minimum Gasteiger partial charge on any atom is -0.356 e. The first-order valence-electron chi connectivity index (χ1n) is 4.10. The molecular formula is C7H19N5. The Hall–Kier alpha value is -0.810. The number of hydrogen-bond donors (Lipinski definition) is 3. The van der Waals surface area contributed by atoms with Crippen LogP contribution in [-0.4, -0.2) is 44.6 Å². The molecule has 0 amide bonds. The highest BCUT2D eigenvalue weighted by atomic mass is 15.3. The Morgan fingerprint density at radius 1 is 1.50 bits per heavy atom. The first kappa shape index (κ1) is 11.2. The van der Waals surface area contributed by atoms with Crippen molar-refractivity contribution in [3.8, 4) is 0 Å². The van der Waals surface area contributed by atoms with E-state index in [1.165, 1.54) is 0 Å². The summed E-state index contributed by atoms with van der Waals surface area (Å²) < 4.78 is 0. The van der Waals surface area contributed by atoms with Crippen molar-refractivity contribution in [2.45, 2.75) is 6.92 Å². The molecule has 0 unspecified atom stereocenters. The van der Waals surface area contributed by atoms with Crippen LogP contribution in [-0.2, 0) is 0 Å². The van der Waals surface area contributed by atoms with E-state index in [9.17, 15) is 0 Å². The van der Waals surface area contributed by atoms with Crippen molar-refractivity contribution in [2.75, 3.05) is 33.7 Å². The zero-order valence-electron chi connectivity index (χ0n) is 8.09. The Labute approximate surface area is 74.0 Å². The summed E-state index contributed by atoms with van der Waals surface area (Å²) in [7, 11) is 4.02. The molecule has 0 aromatic rings. The summed E-state index contributed by atoms with van der Waals surface area (Å²) in [5.74, 6) is 5.87. The Kier molecular flexibility index (Phi) is 6.41. The van der Waals surface area contributed by atoms with E-state index < -0.39 is 0 Å². The van der Waals surface area contributed by atoms with Gasteiger partial charge in [0.1, 0.15) is 0 Å². The fraction of sp³-hybridized carbons (Fsp3) is 0.857. The monoisotopic (exact) mass is 173 g/mol. The minimum atomic E-state index is 0.652. The van der Waals surface area contributed by atoms with Gasteiger partial charge in [0.05, 0.1) is 6.54 Å². The molecule has 0 spiro atoms. The second-order valence-electron chi connectivity index (χ2n) is 2.71. The van der Waals surface area contributed by atoms with Crippen molar-refractivity contribution in [2.24, 2.45) is 10.8 Å². The lowest BCUT2D eigenvalue weighted by Crippen LogP contribution is -2.41. The van der Waals surface area contributed by atoms with Crippen LogP contribution in [0.2, 0.25) is 0 Å². The quantitative estimate of drug-likeness (QED) is 0.220. The van der Waals surface area contributed by atoms with Crippen LogP contribution in [0.1, 0.15) is 6.92 Å². The molecule has 0 radical (unpaired) electrons. The molecule has 4 N–H and O–H groups in total. The molecule has 0 bridgehead atoms. The summed E-state index contributed by atoms with van der Waals surface area (Å²) >= 11 is 0. The summed E-state index contributed by atoms with van der Waals surface area (Å²) in [5, 5.41) is 3.00. The van der Waals surface area contributed by atoms with Crippen molar-refractivity contribution in [1.82, 2.24) is 15.6 Å². The van der Waals surface area contributed by atoms with Crippen LogP contribution in [0, 0.1) is 0 Å². The van der Waals surface area contributed by atoms with Crippen molar-refractivity contribution >= 4 is 5.96 Å². The van der Waals surface area contributed by atoms with Crippen LogP contribution >= 0.6 is 0 Å². The molecule has 0 aliphatic heterocycles. The number of nitrogens with two attached hydrogens (primary N) is 1. The number of nitrogens with one attached hydrogen (secondary N) is 2. The van der Waals surface area contributed by atoms with E-state index in [1.807, 2.05) is 21.0 Å². The maximum Gasteiger partial charge on any atom is 0.205 e. The second kappa shape index (κ2) is 6.87. The fourth-order valence-corrected chi connectivity index (χ4v) is 0.682. The number of nitrogens with zero attached hydrogens (tertiary/aromatic N) is 2. The molecular weight excluding hydrogens is 154 g/mol. The first-order chi connectivity index (χ1) is 5.70. The van der Waals surface area contributed by atoms with E-state index in [4.69, 9.17) is 5.84 Å². The standard InChI is InChI=1S/C7H19N5/c1-4-9-7(11-8)10-5-6-12(2)3/h4-6,8H2,1-3H3,(H2,9,10,11). The summed E-state index contributed by atoms with van der Waals surface area (Å²) in [6.45, 7) is 4.50. The molecule has 0 atom stereocenters. The molecule has 72 valence electrons. The van der Waals surface area contributed by atoms with Gasteiger partial charge < -0.3 is 10.2 Å². The van der Waals surface area contributed by atoms with Gasteiger partial charge in [-0.25, -0.2) is 5.84 Å². The number of guanidine groups is 1. The lowest BCUT2D eigenvalue weighted by molar-refractivity contribution is 0.420. The minimum absolute atomic E-state index is 0.652. The fourth-order valence-electron chi connectivity index (χ4n) is 0.682. The normalized spacial score (nSPS) is 11.9. The van der Waals surface area contributed by atoms with Gasteiger partial charge in [-0.3, -0.25) is 10.4 Å². The zero-order chi connectivity index (χ0) is 9.40. The van der Waals surface area contributed by atoms with Crippen molar-refractivity contribution < 1.29 is 0 Å². The van der Waals surface area contributed by atoms with Crippen LogP contribution in [0.4, 0.5) is 0 Å². The number of rotatable bonds is 4. The van der Waals surface area contributed by atoms with Gasteiger partial charge in [-0.15, -0.1) is 0 Å². The van der Waals surface area contributed by atoms with Crippen LogP contribution in [0.15, 0.2) is 4.99 Å². The van der Waals surface area contributed by atoms with Crippen molar-refractivity contribution in [3.05, 3.63) is 0 Å². The molecule has 5 nitrogen and oxygen atoms in total. The SMILES string of the molecule is CCNC(=NCCN(C)C)NN. The van der Waals surface area contributed by atoms with Gasteiger partial charge in [-0.1, -0.05) is 0 Å². The van der Waals surface area contributed by atoms with E-state index in [0.717, 1.165) is 19.6 Å². The predicted molar refractivity (Wildman–Crippen MR) is 51.9 cm³/mol. The van der Waals surface area contributed by atoms with Gasteiger partial charge in [0, 0.05) is 13.1 Å². The van der Waals surface area contributed by atoms with Gasteiger partial charge in [-0.2, -0.15) is 0 Å². The van der Waals surface area contributed by atoms with Crippen LogP contribution in [0.3, 0.4) is 0 Å². The van der Waals surface area contributed by atoms with Gasteiger partial charge in [0.15, 0.2) is 0 Å². The number of likely N-dealkylation sites (N-methyl/N-ethyl adjacent to an activating group) is 1. The van der Waals surface area contributed by atoms with Gasteiger partial charge >= 0.3 is 0 Å². The Balaban J connectivity index is 3.62. The molecule has 0 saturated carbocycles. The lowest BCUT2D eigenvalue weighted by atomic mass is 10.6. The highest BCUT2D eigenvalue weighted by Gasteiger charge is 1.92. The molecule has 0 aromatic carbocycles. The summed E-state index contributed by atoms with van der Waals surface area (Å²) in [6.07, 6.45) is 0. The maximum atomic E-state index is 5.22. The Morgan fingerprint density at radius 3 is 2.58 bits per heavy atom. The number of hydrogen-bond acceptors (Lipinski definition) is 3. The van der Waals surface area contributed by atoms with Gasteiger partial charge in [0.25, 0.3) is 0 Å². The molecule has 0 fully saturated rings. The van der Waals surface area contributed by atoms with E-state index in [1.54, 1.807) is 0 Å². The molecule has 0 saturated heterocycles. The molecule has 0 aliphatic carbocycles. The summed E-state index contributed by atoms with van der Waals surface area (Å²) in [6, 6.07) is 0. The third-order valence-electron chi connectivity index (χ3n) is 1.30. The average Bonchev–Trinajstić information content (AvgIpc) is 2.02. The van der Waals surface area contributed by atoms with Crippen molar-refractivity contribution in [3.63, 3.8) is 0 Å². The summed E-state index contributed by atoms with van der Waals surface area (Å²) in [4.78, 5) is 6.27. The van der Waals surface area contributed by atoms with Crippen molar-refractivity contribution in [1.29, 1.82) is 0 Å². The Morgan fingerprint density at radius 2 is 2.17 bits per heavy atom. The van der Waals surface area contributed by atoms with Gasteiger partial charge in [-0.05, 0) is 21.0 Å². The molecule has 0 rings (SSSR count). The maximum absolute atomic E-state index is 5.22. The average molecular weight is 173 g/mol. The second-order valence-corrected chi connectivity index (χ2v) is 2.71. The predicted octanol–water partition coefficient (Wildman–Crippen LogP) is -1.02. The number of hydrazine groups is 1. The highest BCUT2D eigenvalue weighted by Crippen LogP contribution is 1.76. The van der Waals surface area contributed by atoms with Crippen LogP contribution < -0.4 is 16.6 Å². The van der Waals surface area contributed by atoms with E-state index in [2.05, 4.69) is 20.6 Å². The van der Waals surface area contributed by atoms with Crippen LogP contribution in [0.25, 0.3) is 0 Å². The Bertz CT molecular complexity index is 132. The third-order valence-corrected chi connectivity index (χ3v) is 1.30. The third kappa shape index (κ3) is 5.94. The van der Waals surface area contributed by atoms with Crippen LogP contribution in [0.5, 0.6) is 0 Å². The lowest BCUT2D eigenvalue weighted by Gasteiger charge is -2.09. The molecule has 0 heterocycles.